The Hall–Kier alpha value is -1.07. The Kier molecular flexibility index (Phi) is 3.40. The highest BCUT2D eigenvalue weighted by atomic mass is 32.2. The fourth-order valence-electron chi connectivity index (χ4n) is 1.99. The van der Waals surface area contributed by atoms with Gasteiger partial charge in [-0.1, -0.05) is 12.1 Å². The van der Waals surface area contributed by atoms with Crippen molar-refractivity contribution in [3.8, 4) is 0 Å². The van der Waals surface area contributed by atoms with Crippen LogP contribution in [0.5, 0.6) is 0 Å². The van der Waals surface area contributed by atoms with Crippen LogP contribution < -0.4 is 10.0 Å². The van der Waals surface area contributed by atoms with Gasteiger partial charge in [-0.25, -0.2) is 8.42 Å². The van der Waals surface area contributed by atoms with Crippen molar-refractivity contribution in [3.63, 3.8) is 0 Å². The molecule has 1 heterocycles. The van der Waals surface area contributed by atoms with Gasteiger partial charge in [0.1, 0.15) is 0 Å². The van der Waals surface area contributed by atoms with Crippen LogP contribution in [0.2, 0.25) is 0 Å². The zero-order valence-corrected chi connectivity index (χ0v) is 11.0. The van der Waals surface area contributed by atoms with E-state index in [2.05, 4.69) is 10.0 Å². The van der Waals surface area contributed by atoms with Crippen molar-refractivity contribution in [3.05, 3.63) is 29.3 Å². The minimum atomic E-state index is -3.26. The van der Waals surface area contributed by atoms with Crippen LogP contribution >= 0.6 is 0 Å². The maximum absolute atomic E-state index is 12.1. The number of hydrogen-bond donors (Lipinski definition) is 2. The summed E-state index contributed by atoms with van der Waals surface area (Å²) in [6.07, 6.45) is 0.681. The third-order valence-corrected chi connectivity index (χ3v) is 5.10. The Labute approximate surface area is 102 Å². The van der Waals surface area contributed by atoms with Gasteiger partial charge in [-0.2, -0.15) is 0 Å². The molecule has 1 aliphatic rings. The summed E-state index contributed by atoms with van der Waals surface area (Å²) in [6.45, 7) is 5.23. The Bertz CT molecular complexity index is 505. The highest BCUT2D eigenvalue weighted by Gasteiger charge is 2.28. The number of anilines is 1. The summed E-state index contributed by atoms with van der Waals surface area (Å²) in [5.41, 5.74) is 2.77. The van der Waals surface area contributed by atoms with Gasteiger partial charge in [0, 0.05) is 6.54 Å². The van der Waals surface area contributed by atoms with Gasteiger partial charge < -0.3 is 5.32 Å². The highest BCUT2D eigenvalue weighted by Crippen LogP contribution is 2.21. The van der Waals surface area contributed by atoms with Crippen LogP contribution in [0.25, 0.3) is 0 Å². The maximum atomic E-state index is 12.1. The molecule has 0 saturated carbocycles. The van der Waals surface area contributed by atoms with Crippen LogP contribution in [0.3, 0.4) is 0 Å². The molecule has 1 aromatic carbocycles. The molecule has 0 spiro atoms. The summed E-state index contributed by atoms with van der Waals surface area (Å²) in [7, 11) is -3.26. The van der Waals surface area contributed by atoms with Crippen LogP contribution in [0, 0.1) is 13.8 Å². The van der Waals surface area contributed by atoms with E-state index in [-0.39, 0.29) is 5.25 Å². The summed E-state index contributed by atoms with van der Waals surface area (Å²) >= 11 is 0. The number of hydrogen-bond acceptors (Lipinski definition) is 3. The Morgan fingerprint density at radius 1 is 1.35 bits per heavy atom. The number of benzene rings is 1. The van der Waals surface area contributed by atoms with Gasteiger partial charge in [0.2, 0.25) is 10.0 Å². The molecule has 1 saturated heterocycles. The lowest BCUT2D eigenvalue weighted by Crippen LogP contribution is -2.29. The highest BCUT2D eigenvalue weighted by molar-refractivity contribution is 7.93. The first-order valence-corrected chi connectivity index (χ1v) is 7.34. The van der Waals surface area contributed by atoms with E-state index in [4.69, 9.17) is 0 Å². The minimum Gasteiger partial charge on any atom is -0.315 e. The van der Waals surface area contributed by atoms with Crippen molar-refractivity contribution in [2.24, 2.45) is 0 Å². The van der Waals surface area contributed by atoms with E-state index in [0.717, 1.165) is 17.7 Å². The van der Waals surface area contributed by atoms with Gasteiger partial charge in [0.15, 0.2) is 0 Å². The molecule has 17 heavy (non-hydrogen) atoms. The molecule has 1 fully saturated rings. The molecular formula is C12H18N2O2S. The zero-order valence-electron chi connectivity index (χ0n) is 10.2. The lowest BCUT2D eigenvalue weighted by atomic mass is 10.1. The summed E-state index contributed by atoms with van der Waals surface area (Å²) in [4.78, 5) is 0. The number of rotatable bonds is 3. The van der Waals surface area contributed by atoms with Gasteiger partial charge in [-0.05, 0) is 44.0 Å². The van der Waals surface area contributed by atoms with Gasteiger partial charge in [-0.15, -0.1) is 0 Å². The Morgan fingerprint density at radius 3 is 2.76 bits per heavy atom. The standard InChI is InChI=1S/C12H18N2O2S/c1-9-4-3-5-12(10(9)2)14-17(15,16)11-6-7-13-8-11/h3-5,11,13-14H,6-8H2,1-2H3. The Balaban J connectivity index is 2.23. The molecule has 1 unspecified atom stereocenters. The van der Waals surface area contributed by atoms with Crippen molar-refractivity contribution in [2.75, 3.05) is 17.8 Å². The molecule has 2 N–H and O–H groups in total. The average molecular weight is 254 g/mol. The second-order valence-electron chi connectivity index (χ2n) is 4.51. The molecule has 1 aliphatic heterocycles. The molecule has 0 bridgehead atoms. The SMILES string of the molecule is Cc1cccc(NS(=O)(=O)C2CCNC2)c1C. The minimum absolute atomic E-state index is 0.317. The fraction of sp³-hybridized carbons (Fsp3) is 0.500. The van der Waals surface area contributed by atoms with E-state index in [1.54, 1.807) is 0 Å². The average Bonchev–Trinajstić information content (AvgIpc) is 2.78. The van der Waals surface area contributed by atoms with Gasteiger partial charge in [0.25, 0.3) is 0 Å². The normalized spacial score (nSPS) is 20.5. The number of sulfonamides is 1. The lowest BCUT2D eigenvalue weighted by molar-refractivity contribution is 0.588. The van der Waals surface area contributed by atoms with Crippen molar-refractivity contribution >= 4 is 15.7 Å². The zero-order chi connectivity index (χ0) is 12.5. The first-order chi connectivity index (χ1) is 8.00. The third-order valence-electron chi connectivity index (χ3n) is 3.31. The summed E-state index contributed by atoms with van der Waals surface area (Å²) in [5.74, 6) is 0. The van der Waals surface area contributed by atoms with E-state index in [9.17, 15) is 8.42 Å². The van der Waals surface area contributed by atoms with Crippen molar-refractivity contribution in [1.82, 2.24) is 5.32 Å². The summed E-state index contributed by atoms with van der Waals surface area (Å²) < 4.78 is 26.9. The summed E-state index contributed by atoms with van der Waals surface area (Å²) in [5, 5.41) is 2.75. The molecule has 1 atom stereocenters. The van der Waals surface area contributed by atoms with E-state index in [0.29, 0.717) is 18.7 Å². The summed E-state index contributed by atoms with van der Waals surface area (Å²) in [6, 6.07) is 5.65. The second-order valence-corrected chi connectivity index (χ2v) is 6.47. The molecule has 5 heteroatoms. The van der Waals surface area contributed by atoms with Crippen molar-refractivity contribution < 1.29 is 8.42 Å². The molecule has 0 radical (unpaired) electrons. The van der Waals surface area contributed by atoms with E-state index >= 15 is 0 Å². The first kappa shape index (κ1) is 12.4. The van der Waals surface area contributed by atoms with Gasteiger partial charge in [-0.3, -0.25) is 4.72 Å². The molecule has 2 rings (SSSR count). The van der Waals surface area contributed by atoms with Gasteiger partial charge >= 0.3 is 0 Å². The molecule has 1 aromatic rings. The molecule has 4 nitrogen and oxygen atoms in total. The predicted molar refractivity (Wildman–Crippen MR) is 69.7 cm³/mol. The number of aryl methyl sites for hydroxylation is 1. The molecule has 94 valence electrons. The smallest absolute Gasteiger partial charge is 0.236 e. The van der Waals surface area contributed by atoms with E-state index in [1.807, 2.05) is 32.0 Å². The molecule has 0 amide bonds. The van der Waals surface area contributed by atoms with Crippen LogP contribution in [0.4, 0.5) is 5.69 Å². The van der Waals surface area contributed by atoms with Crippen LogP contribution in [0.1, 0.15) is 17.5 Å². The van der Waals surface area contributed by atoms with Crippen LogP contribution in [-0.2, 0) is 10.0 Å². The Morgan fingerprint density at radius 2 is 2.12 bits per heavy atom. The predicted octanol–water partition coefficient (Wildman–Crippen LogP) is 1.41. The first-order valence-electron chi connectivity index (χ1n) is 5.79. The van der Waals surface area contributed by atoms with Crippen molar-refractivity contribution in [1.29, 1.82) is 0 Å². The lowest BCUT2D eigenvalue weighted by Gasteiger charge is -2.15. The fourth-order valence-corrected chi connectivity index (χ4v) is 3.45. The molecular weight excluding hydrogens is 236 g/mol. The van der Waals surface area contributed by atoms with Gasteiger partial charge in [0.05, 0.1) is 10.9 Å². The monoisotopic (exact) mass is 254 g/mol. The number of nitrogens with one attached hydrogen (secondary N) is 2. The quantitative estimate of drug-likeness (QED) is 0.857. The largest absolute Gasteiger partial charge is 0.315 e. The second kappa shape index (κ2) is 4.66. The van der Waals surface area contributed by atoms with E-state index in [1.165, 1.54) is 0 Å². The van der Waals surface area contributed by atoms with Crippen LogP contribution in [0.15, 0.2) is 18.2 Å². The molecule has 0 aliphatic carbocycles. The third kappa shape index (κ3) is 2.61. The van der Waals surface area contributed by atoms with E-state index < -0.39 is 10.0 Å². The molecule has 0 aromatic heterocycles. The van der Waals surface area contributed by atoms with Crippen molar-refractivity contribution in [2.45, 2.75) is 25.5 Å². The topological polar surface area (TPSA) is 58.2 Å². The maximum Gasteiger partial charge on any atom is 0.236 e. The van der Waals surface area contributed by atoms with Crippen LogP contribution in [-0.4, -0.2) is 26.8 Å².